The maximum Gasteiger partial charge on any atom is 0.295 e. The Morgan fingerprint density at radius 1 is 0.941 bits per heavy atom. The summed E-state index contributed by atoms with van der Waals surface area (Å²) in [5.74, 6) is 0.557. The molecular weight excluding hydrogens is 426 g/mol. The lowest BCUT2D eigenvalue weighted by Gasteiger charge is -2.25. The van der Waals surface area contributed by atoms with E-state index in [9.17, 15) is 9.59 Å². The second-order valence-electron chi connectivity index (χ2n) is 8.94. The molecular formula is C29H27NO4. The summed E-state index contributed by atoms with van der Waals surface area (Å²) >= 11 is 0. The summed E-state index contributed by atoms with van der Waals surface area (Å²) in [6.07, 6.45) is 0.917. The van der Waals surface area contributed by atoms with E-state index in [-0.39, 0.29) is 17.1 Å². The molecule has 1 aromatic heterocycles. The van der Waals surface area contributed by atoms with E-state index in [1.807, 2.05) is 81.4 Å². The monoisotopic (exact) mass is 453 g/mol. The number of fused-ring (bicyclic) bond motifs is 2. The van der Waals surface area contributed by atoms with Crippen molar-refractivity contribution in [3.63, 3.8) is 0 Å². The third kappa shape index (κ3) is 3.58. The lowest BCUT2D eigenvalue weighted by molar-refractivity contribution is 0.0971. The zero-order valence-electron chi connectivity index (χ0n) is 19.8. The summed E-state index contributed by atoms with van der Waals surface area (Å²) in [5.41, 5.74) is 5.25. The Morgan fingerprint density at radius 3 is 2.38 bits per heavy atom. The molecule has 5 nitrogen and oxygen atoms in total. The maximum atomic E-state index is 13.8. The smallest absolute Gasteiger partial charge is 0.295 e. The van der Waals surface area contributed by atoms with Crippen molar-refractivity contribution in [2.24, 2.45) is 0 Å². The number of hydrogen-bond donors (Lipinski definition) is 0. The van der Waals surface area contributed by atoms with Crippen LogP contribution in [0.5, 0.6) is 5.75 Å². The van der Waals surface area contributed by atoms with Crippen LogP contribution in [0.3, 0.4) is 0 Å². The third-order valence-electron chi connectivity index (χ3n) is 6.44. The van der Waals surface area contributed by atoms with Crippen molar-refractivity contribution in [2.45, 2.75) is 40.2 Å². The van der Waals surface area contributed by atoms with Gasteiger partial charge in [-0.3, -0.25) is 14.5 Å². The second-order valence-corrected chi connectivity index (χ2v) is 8.94. The highest BCUT2D eigenvalue weighted by atomic mass is 16.5. The van der Waals surface area contributed by atoms with E-state index in [0.717, 1.165) is 40.1 Å². The van der Waals surface area contributed by atoms with Crippen molar-refractivity contribution in [3.05, 3.63) is 104 Å². The summed E-state index contributed by atoms with van der Waals surface area (Å²) in [4.78, 5) is 29.2. The number of anilines is 1. The van der Waals surface area contributed by atoms with Crippen LogP contribution in [-0.4, -0.2) is 12.5 Å². The van der Waals surface area contributed by atoms with Crippen LogP contribution in [0, 0.1) is 20.8 Å². The zero-order valence-corrected chi connectivity index (χ0v) is 19.8. The Morgan fingerprint density at radius 2 is 1.68 bits per heavy atom. The summed E-state index contributed by atoms with van der Waals surface area (Å²) < 4.78 is 11.9. The molecule has 172 valence electrons. The Bertz CT molecular complexity index is 1470. The summed E-state index contributed by atoms with van der Waals surface area (Å²) in [6.45, 7) is 8.61. The molecule has 3 aromatic carbocycles. The number of amides is 1. The van der Waals surface area contributed by atoms with Gasteiger partial charge < -0.3 is 9.15 Å². The maximum absolute atomic E-state index is 13.8. The minimum Gasteiger partial charge on any atom is -0.494 e. The lowest BCUT2D eigenvalue weighted by Crippen LogP contribution is -2.29. The fourth-order valence-corrected chi connectivity index (χ4v) is 4.55. The largest absolute Gasteiger partial charge is 0.494 e. The molecule has 2 heterocycles. The van der Waals surface area contributed by atoms with Crippen molar-refractivity contribution in [2.75, 3.05) is 11.5 Å². The topological polar surface area (TPSA) is 59.8 Å². The molecule has 0 saturated heterocycles. The molecule has 5 heteroatoms. The van der Waals surface area contributed by atoms with E-state index in [1.165, 1.54) is 0 Å². The first kappa shape index (κ1) is 22.0. The fraction of sp³-hybridized carbons (Fsp3) is 0.241. The van der Waals surface area contributed by atoms with Gasteiger partial charge in [-0.25, -0.2) is 0 Å². The quantitative estimate of drug-likeness (QED) is 0.358. The van der Waals surface area contributed by atoms with Crippen LogP contribution < -0.4 is 15.1 Å². The van der Waals surface area contributed by atoms with Gasteiger partial charge in [0.2, 0.25) is 5.76 Å². The highest BCUT2D eigenvalue weighted by molar-refractivity contribution is 6.10. The predicted molar refractivity (Wildman–Crippen MR) is 134 cm³/mol. The number of benzene rings is 3. The van der Waals surface area contributed by atoms with E-state index >= 15 is 0 Å². The number of carbonyl (C=O) groups excluding carboxylic acids is 1. The molecule has 1 atom stereocenters. The molecule has 0 fully saturated rings. The normalized spacial score (nSPS) is 15.1. The molecule has 0 bridgehead atoms. The Balaban J connectivity index is 1.74. The molecule has 1 aliphatic rings. The van der Waals surface area contributed by atoms with E-state index in [1.54, 1.807) is 4.90 Å². The summed E-state index contributed by atoms with van der Waals surface area (Å²) in [5, 5.41) is 0.494. The molecule has 34 heavy (non-hydrogen) atoms. The van der Waals surface area contributed by atoms with E-state index in [2.05, 4.69) is 6.92 Å². The fourth-order valence-electron chi connectivity index (χ4n) is 4.55. The highest BCUT2D eigenvalue weighted by Crippen LogP contribution is 2.41. The first-order valence-electron chi connectivity index (χ1n) is 11.6. The predicted octanol–water partition coefficient (Wildman–Crippen LogP) is 6.26. The SMILES string of the molecule is CCCOc1ccc(C2c3c(oc4cc(C)c(C)cc4c3=O)C(=O)N2c2cccc(C)c2)cc1. The summed E-state index contributed by atoms with van der Waals surface area (Å²) in [7, 11) is 0. The van der Waals surface area contributed by atoms with E-state index in [0.29, 0.717) is 23.1 Å². The van der Waals surface area contributed by atoms with Gasteiger partial charge in [0.05, 0.1) is 23.6 Å². The van der Waals surface area contributed by atoms with Crippen LogP contribution in [0.1, 0.15) is 57.8 Å². The van der Waals surface area contributed by atoms with Crippen LogP contribution in [0.4, 0.5) is 5.69 Å². The Hall–Kier alpha value is -3.86. The third-order valence-corrected chi connectivity index (χ3v) is 6.44. The number of rotatable bonds is 5. The van der Waals surface area contributed by atoms with Crippen molar-refractivity contribution < 1.29 is 13.9 Å². The minimum absolute atomic E-state index is 0.110. The van der Waals surface area contributed by atoms with E-state index < -0.39 is 6.04 Å². The van der Waals surface area contributed by atoms with Crippen molar-refractivity contribution >= 4 is 22.6 Å². The summed E-state index contributed by atoms with van der Waals surface area (Å²) in [6, 6.07) is 18.5. The molecule has 1 aliphatic heterocycles. The van der Waals surface area contributed by atoms with Gasteiger partial charge in [-0.15, -0.1) is 0 Å². The van der Waals surface area contributed by atoms with Crippen molar-refractivity contribution in [1.82, 2.24) is 0 Å². The van der Waals surface area contributed by atoms with Gasteiger partial charge >= 0.3 is 0 Å². The van der Waals surface area contributed by atoms with Crippen LogP contribution in [0.2, 0.25) is 0 Å². The number of ether oxygens (including phenoxy) is 1. The average Bonchev–Trinajstić information content (AvgIpc) is 3.12. The second kappa shape index (κ2) is 8.49. The molecule has 0 spiro atoms. The number of hydrogen-bond acceptors (Lipinski definition) is 4. The zero-order chi connectivity index (χ0) is 24.0. The Kier molecular flexibility index (Phi) is 5.48. The van der Waals surface area contributed by atoms with Crippen LogP contribution in [0.25, 0.3) is 11.0 Å². The molecule has 0 saturated carbocycles. The van der Waals surface area contributed by atoms with Gasteiger partial charge in [-0.1, -0.05) is 31.2 Å². The van der Waals surface area contributed by atoms with Gasteiger partial charge in [0.25, 0.3) is 5.91 Å². The number of aryl methyl sites for hydroxylation is 3. The Labute approximate surface area is 198 Å². The molecule has 0 N–H and O–H groups in total. The molecule has 0 aliphatic carbocycles. The van der Waals surface area contributed by atoms with Gasteiger partial charge in [-0.2, -0.15) is 0 Å². The molecule has 5 rings (SSSR count). The van der Waals surface area contributed by atoms with E-state index in [4.69, 9.17) is 9.15 Å². The van der Waals surface area contributed by atoms with Crippen molar-refractivity contribution in [1.29, 1.82) is 0 Å². The first-order chi connectivity index (χ1) is 16.4. The first-order valence-corrected chi connectivity index (χ1v) is 11.6. The molecule has 1 amide bonds. The van der Waals surface area contributed by atoms with Gasteiger partial charge in [-0.05, 0) is 85.8 Å². The lowest BCUT2D eigenvalue weighted by atomic mass is 9.97. The minimum atomic E-state index is -0.591. The van der Waals surface area contributed by atoms with Crippen molar-refractivity contribution in [3.8, 4) is 5.75 Å². The standard InChI is InChI=1S/C29H27NO4/c1-5-13-33-22-11-9-20(10-12-22)26-25-27(31)23-15-18(3)19(4)16-24(23)34-28(25)29(32)30(26)21-8-6-7-17(2)14-21/h6-12,14-16,26H,5,13H2,1-4H3. The average molecular weight is 454 g/mol. The van der Waals surface area contributed by atoms with Gasteiger partial charge in [0.1, 0.15) is 11.3 Å². The molecule has 0 radical (unpaired) electrons. The number of nitrogens with zero attached hydrogens (tertiary/aromatic N) is 1. The van der Waals surface area contributed by atoms with Crippen LogP contribution in [0.15, 0.2) is 69.9 Å². The van der Waals surface area contributed by atoms with Crippen LogP contribution in [-0.2, 0) is 0 Å². The molecule has 4 aromatic rings. The van der Waals surface area contributed by atoms with Gasteiger partial charge in [0.15, 0.2) is 5.43 Å². The van der Waals surface area contributed by atoms with Gasteiger partial charge in [0, 0.05) is 5.69 Å². The highest BCUT2D eigenvalue weighted by Gasteiger charge is 2.43. The molecule has 1 unspecified atom stereocenters. The van der Waals surface area contributed by atoms with Crippen LogP contribution >= 0.6 is 0 Å². The number of carbonyl (C=O) groups is 1.